The minimum atomic E-state index is -0.480. The van der Waals surface area contributed by atoms with Crippen LogP contribution in [0.2, 0.25) is 0 Å². The monoisotopic (exact) mass is 284 g/mol. The molecule has 0 fully saturated rings. The van der Waals surface area contributed by atoms with Gasteiger partial charge in [0.15, 0.2) is 0 Å². The Kier molecular flexibility index (Phi) is 3.33. The first-order valence-corrected chi connectivity index (χ1v) is 5.77. The van der Waals surface area contributed by atoms with E-state index in [0.717, 1.165) is 9.50 Å². The first kappa shape index (κ1) is 10.6. The molecule has 2 aromatic rings. The summed E-state index contributed by atoms with van der Waals surface area (Å²) in [5.74, 6) is -0.480. The van der Waals surface area contributed by atoms with Crippen molar-refractivity contribution in [3.05, 3.63) is 46.9 Å². The van der Waals surface area contributed by atoms with Gasteiger partial charge in [-0.05, 0) is 52.0 Å². The summed E-state index contributed by atoms with van der Waals surface area (Å²) in [6.07, 6.45) is 1.69. The summed E-state index contributed by atoms with van der Waals surface area (Å²) in [5.41, 5.74) is 0. The van der Waals surface area contributed by atoms with Gasteiger partial charge >= 0.3 is 0 Å². The number of hydrogen-bond acceptors (Lipinski definition) is 3. The van der Waals surface area contributed by atoms with Crippen molar-refractivity contribution >= 4 is 27.7 Å². The van der Waals surface area contributed by atoms with E-state index in [4.69, 9.17) is 0 Å². The van der Waals surface area contributed by atoms with E-state index in [1.54, 1.807) is 18.3 Å². The highest BCUT2D eigenvalue weighted by molar-refractivity contribution is 9.10. The van der Waals surface area contributed by atoms with E-state index >= 15 is 0 Å². The standard InChI is InChI=1S/C10H6BrFN2S/c11-7-3-2-6-13-10(7)15-9-5-1-4-8(12)14-9/h1-6H. The molecule has 2 aromatic heterocycles. The van der Waals surface area contributed by atoms with Gasteiger partial charge in [-0.2, -0.15) is 4.39 Å². The summed E-state index contributed by atoms with van der Waals surface area (Å²) in [6.45, 7) is 0. The summed E-state index contributed by atoms with van der Waals surface area (Å²) in [4.78, 5) is 7.90. The number of halogens is 2. The van der Waals surface area contributed by atoms with Crippen molar-refractivity contribution in [2.45, 2.75) is 10.1 Å². The molecule has 76 valence electrons. The van der Waals surface area contributed by atoms with Gasteiger partial charge in [-0.3, -0.25) is 0 Å². The molecule has 15 heavy (non-hydrogen) atoms. The fraction of sp³-hybridized carbons (Fsp3) is 0. The van der Waals surface area contributed by atoms with Gasteiger partial charge in [-0.1, -0.05) is 6.07 Å². The number of pyridine rings is 2. The smallest absolute Gasteiger partial charge is 0.213 e. The van der Waals surface area contributed by atoms with Crippen molar-refractivity contribution in [2.24, 2.45) is 0 Å². The second-order valence-corrected chi connectivity index (χ2v) is 4.55. The second-order valence-electron chi connectivity index (χ2n) is 2.69. The van der Waals surface area contributed by atoms with Crippen LogP contribution in [0.15, 0.2) is 51.1 Å². The van der Waals surface area contributed by atoms with E-state index in [1.165, 1.54) is 17.8 Å². The van der Waals surface area contributed by atoms with Gasteiger partial charge in [0.2, 0.25) is 5.95 Å². The molecule has 2 nitrogen and oxygen atoms in total. The van der Waals surface area contributed by atoms with Gasteiger partial charge < -0.3 is 0 Å². The van der Waals surface area contributed by atoms with Gasteiger partial charge in [-0.25, -0.2) is 9.97 Å². The van der Waals surface area contributed by atoms with E-state index in [2.05, 4.69) is 25.9 Å². The summed E-state index contributed by atoms with van der Waals surface area (Å²) in [5, 5.41) is 1.37. The average molecular weight is 285 g/mol. The SMILES string of the molecule is Fc1cccc(Sc2ncccc2Br)n1. The zero-order chi connectivity index (χ0) is 10.7. The predicted molar refractivity (Wildman–Crippen MR) is 60.3 cm³/mol. The molecule has 0 saturated heterocycles. The van der Waals surface area contributed by atoms with Crippen LogP contribution >= 0.6 is 27.7 Å². The highest BCUT2D eigenvalue weighted by atomic mass is 79.9. The van der Waals surface area contributed by atoms with E-state index in [1.807, 2.05) is 12.1 Å². The zero-order valence-corrected chi connectivity index (χ0v) is 9.93. The molecule has 0 radical (unpaired) electrons. The number of aromatic nitrogens is 2. The van der Waals surface area contributed by atoms with Crippen molar-refractivity contribution in [1.29, 1.82) is 0 Å². The van der Waals surface area contributed by atoms with Crippen LogP contribution in [0.25, 0.3) is 0 Å². The highest BCUT2D eigenvalue weighted by Crippen LogP contribution is 2.29. The molecule has 2 rings (SSSR count). The molecular formula is C10H6BrFN2S. The van der Waals surface area contributed by atoms with E-state index in [0.29, 0.717) is 5.03 Å². The molecule has 2 heterocycles. The lowest BCUT2D eigenvalue weighted by Gasteiger charge is -2.01. The molecule has 0 aliphatic heterocycles. The number of rotatable bonds is 2. The Morgan fingerprint density at radius 1 is 1.20 bits per heavy atom. The van der Waals surface area contributed by atoms with Crippen molar-refractivity contribution in [3.63, 3.8) is 0 Å². The molecule has 0 atom stereocenters. The minimum absolute atomic E-state index is 0.480. The average Bonchev–Trinajstić information content (AvgIpc) is 2.22. The van der Waals surface area contributed by atoms with Crippen LogP contribution in [-0.2, 0) is 0 Å². The fourth-order valence-electron chi connectivity index (χ4n) is 0.992. The molecule has 0 spiro atoms. The molecule has 0 aliphatic rings. The summed E-state index contributed by atoms with van der Waals surface area (Å²) < 4.78 is 13.7. The maximum atomic E-state index is 12.8. The maximum absolute atomic E-state index is 12.8. The lowest BCUT2D eigenvalue weighted by atomic mass is 10.5. The molecule has 0 aromatic carbocycles. The summed E-state index contributed by atoms with van der Waals surface area (Å²) in [6, 6.07) is 8.40. The third kappa shape index (κ3) is 2.76. The molecule has 0 bridgehead atoms. The molecule has 0 N–H and O–H groups in total. The Morgan fingerprint density at radius 3 is 2.80 bits per heavy atom. The zero-order valence-electron chi connectivity index (χ0n) is 7.52. The summed E-state index contributed by atoms with van der Waals surface area (Å²) in [7, 11) is 0. The molecule has 0 saturated carbocycles. The van der Waals surface area contributed by atoms with Crippen LogP contribution in [0.4, 0.5) is 4.39 Å². The number of hydrogen-bond donors (Lipinski definition) is 0. The highest BCUT2D eigenvalue weighted by Gasteiger charge is 2.04. The lowest BCUT2D eigenvalue weighted by molar-refractivity contribution is 0.572. The van der Waals surface area contributed by atoms with Gasteiger partial charge in [-0.15, -0.1) is 0 Å². The van der Waals surface area contributed by atoms with Crippen LogP contribution in [0.1, 0.15) is 0 Å². The van der Waals surface area contributed by atoms with Crippen molar-refractivity contribution in [1.82, 2.24) is 9.97 Å². The van der Waals surface area contributed by atoms with Crippen LogP contribution in [-0.4, -0.2) is 9.97 Å². The van der Waals surface area contributed by atoms with Crippen LogP contribution in [0.3, 0.4) is 0 Å². The quantitative estimate of drug-likeness (QED) is 0.789. The molecule has 0 amide bonds. The molecule has 0 unspecified atom stereocenters. The van der Waals surface area contributed by atoms with Crippen molar-refractivity contribution in [2.75, 3.05) is 0 Å². The Balaban J connectivity index is 2.26. The topological polar surface area (TPSA) is 25.8 Å². The molecule has 5 heteroatoms. The predicted octanol–water partition coefficient (Wildman–Crippen LogP) is 3.53. The third-order valence-electron chi connectivity index (χ3n) is 1.62. The Hall–Kier alpha value is -0.940. The lowest BCUT2D eigenvalue weighted by Crippen LogP contribution is -1.86. The molecular weight excluding hydrogens is 279 g/mol. The summed E-state index contributed by atoms with van der Waals surface area (Å²) >= 11 is 4.69. The molecule has 0 aliphatic carbocycles. The Morgan fingerprint density at radius 2 is 2.07 bits per heavy atom. The van der Waals surface area contributed by atoms with Gasteiger partial charge in [0.1, 0.15) is 10.1 Å². The third-order valence-corrected chi connectivity index (χ3v) is 3.47. The largest absolute Gasteiger partial charge is 0.248 e. The minimum Gasteiger partial charge on any atom is -0.248 e. The van der Waals surface area contributed by atoms with Crippen LogP contribution in [0, 0.1) is 5.95 Å². The van der Waals surface area contributed by atoms with Crippen molar-refractivity contribution < 1.29 is 4.39 Å². The first-order chi connectivity index (χ1) is 7.25. The second kappa shape index (κ2) is 4.72. The van der Waals surface area contributed by atoms with Gasteiger partial charge in [0.05, 0.1) is 4.47 Å². The van der Waals surface area contributed by atoms with Crippen LogP contribution < -0.4 is 0 Å². The van der Waals surface area contributed by atoms with Gasteiger partial charge in [0, 0.05) is 6.20 Å². The Bertz CT molecular complexity index is 478. The Labute approximate surface area is 99.1 Å². The maximum Gasteiger partial charge on any atom is 0.213 e. The van der Waals surface area contributed by atoms with E-state index in [9.17, 15) is 4.39 Å². The van der Waals surface area contributed by atoms with E-state index in [-0.39, 0.29) is 0 Å². The van der Waals surface area contributed by atoms with Gasteiger partial charge in [0.25, 0.3) is 0 Å². The normalized spacial score (nSPS) is 10.3. The fourth-order valence-corrected chi connectivity index (χ4v) is 2.25. The van der Waals surface area contributed by atoms with Crippen molar-refractivity contribution in [3.8, 4) is 0 Å². The first-order valence-electron chi connectivity index (χ1n) is 4.16. The number of nitrogens with zero attached hydrogens (tertiary/aromatic N) is 2. The van der Waals surface area contributed by atoms with Crippen LogP contribution in [0.5, 0.6) is 0 Å². The van der Waals surface area contributed by atoms with E-state index < -0.39 is 5.95 Å².